The molecule has 0 bridgehead atoms. The highest BCUT2D eigenvalue weighted by atomic mass is 16.3. The SMILES string of the molecule is CC(C)CC(NCC1(CO)CC1)c1ccccc1. The van der Waals surface area contributed by atoms with E-state index >= 15 is 0 Å². The zero-order valence-corrected chi connectivity index (χ0v) is 11.5. The van der Waals surface area contributed by atoms with Crippen LogP contribution in [-0.4, -0.2) is 18.3 Å². The van der Waals surface area contributed by atoms with Crippen molar-refractivity contribution < 1.29 is 5.11 Å². The van der Waals surface area contributed by atoms with E-state index in [0.717, 1.165) is 13.0 Å². The van der Waals surface area contributed by atoms with Crippen molar-refractivity contribution in [2.24, 2.45) is 11.3 Å². The van der Waals surface area contributed by atoms with Gasteiger partial charge in [0.25, 0.3) is 0 Å². The molecule has 1 atom stereocenters. The maximum absolute atomic E-state index is 9.38. The van der Waals surface area contributed by atoms with Crippen molar-refractivity contribution >= 4 is 0 Å². The summed E-state index contributed by atoms with van der Waals surface area (Å²) in [5.74, 6) is 0.673. The lowest BCUT2D eigenvalue weighted by Gasteiger charge is -2.24. The first-order valence-electron chi connectivity index (χ1n) is 7.04. The zero-order valence-electron chi connectivity index (χ0n) is 11.5. The number of rotatable bonds is 7. The highest BCUT2D eigenvalue weighted by Gasteiger charge is 2.41. The molecule has 0 aromatic heterocycles. The largest absolute Gasteiger partial charge is 0.396 e. The molecule has 2 rings (SSSR count). The third kappa shape index (κ3) is 3.56. The summed E-state index contributed by atoms with van der Waals surface area (Å²) in [6.45, 7) is 5.78. The van der Waals surface area contributed by atoms with Crippen LogP contribution in [0.1, 0.15) is 44.7 Å². The Morgan fingerprint density at radius 3 is 2.39 bits per heavy atom. The number of aliphatic hydroxyl groups excluding tert-OH is 1. The van der Waals surface area contributed by atoms with Crippen LogP contribution in [0, 0.1) is 11.3 Å². The Bertz CT molecular complexity index is 357. The van der Waals surface area contributed by atoms with Gasteiger partial charge >= 0.3 is 0 Å². The number of aliphatic hydroxyl groups is 1. The minimum atomic E-state index is 0.185. The molecule has 1 aromatic carbocycles. The number of benzene rings is 1. The third-order valence-electron chi connectivity index (χ3n) is 3.93. The lowest BCUT2D eigenvalue weighted by molar-refractivity contribution is 0.202. The molecule has 2 nitrogen and oxygen atoms in total. The van der Waals surface area contributed by atoms with Gasteiger partial charge in [-0.15, -0.1) is 0 Å². The second kappa shape index (κ2) is 5.85. The van der Waals surface area contributed by atoms with E-state index in [4.69, 9.17) is 0 Å². The molecule has 100 valence electrons. The maximum Gasteiger partial charge on any atom is 0.0499 e. The molecule has 1 unspecified atom stereocenters. The highest BCUT2D eigenvalue weighted by Crippen LogP contribution is 2.44. The maximum atomic E-state index is 9.38. The smallest absolute Gasteiger partial charge is 0.0499 e. The predicted molar refractivity (Wildman–Crippen MR) is 75.4 cm³/mol. The molecule has 1 saturated carbocycles. The lowest BCUT2D eigenvalue weighted by Crippen LogP contribution is -2.31. The molecule has 2 N–H and O–H groups in total. The van der Waals surface area contributed by atoms with E-state index in [0.29, 0.717) is 18.6 Å². The average Bonchev–Trinajstić information content (AvgIpc) is 3.16. The summed E-state index contributed by atoms with van der Waals surface area (Å²) in [6.07, 6.45) is 3.48. The van der Waals surface area contributed by atoms with Gasteiger partial charge in [0.05, 0.1) is 0 Å². The Balaban J connectivity index is 1.97. The first-order valence-corrected chi connectivity index (χ1v) is 7.04. The minimum Gasteiger partial charge on any atom is -0.396 e. The second-order valence-corrected chi connectivity index (χ2v) is 6.13. The van der Waals surface area contributed by atoms with E-state index in [1.54, 1.807) is 0 Å². The van der Waals surface area contributed by atoms with Crippen molar-refractivity contribution in [2.75, 3.05) is 13.2 Å². The molecule has 0 heterocycles. The Morgan fingerprint density at radius 2 is 1.89 bits per heavy atom. The van der Waals surface area contributed by atoms with Crippen molar-refractivity contribution in [3.05, 3.63) is 35.9 Å². The van der Waals surface area contributed by atoms with Crippen LogP contribution in [0.5, 0.6) is 0 Å². The second-order valence-electron chi connectivity index (χ2n) is 6.13. The summed E-state index contributed by atoms with van der Waals surface area (Å²) in [5.41, 5.74) is 1.55. The van der Waals surface area contributed by atoms with Crippen molar-refractivity contribution in [3.63, 3.8) is 0 Å². The summed E-state index contributed by atoms with van der Waals surface area (Å²) in [6, 6.07) is 11.1. The van der Waals surface area contributed by atoms with Gasteiger partial charge in [-0.25, -0.2) is 0 Å². The van der Waals surface area contributed by atoms with E-state index < -0.39 is 0 Å². The summed E-state index contributed by atoms with van der Waals surface area (Å²) < 4.78 is 0. The van der Waals surface area contributed by atoms with E-state index in [2.05, 4.69) is 49.5 Å². The number of hydrogen-bond acceptors (Lipinski definition) is 2. The molecule has 0 radical (unpaired) electrons. The van der Waals surface area contributed by atoms with Crippen LogP contribution < -0.4 is 5.32 Å². The monoisotopic (exact) mass is 247 g/mol. The molecule has 2 heteroatoms. The van der Waals surface area contributed by atoms with Crippen molar-refractivity contribution in [1.82, 2.24) is 5.32 Å². The van der Waals surface area contributed by atoms with Gasteiger partial charge in [-0.1, -0.05) is 44.2 Å². The molecule has 1 aliphatic rings. The molecule has 0 saturated heterocycles. The van der Waals surface area contributed by atoms with Crippen LogP contribution in [0.4, 0.5) is 0 Å². The third-order valence-corrected chi connectivity index (χ3v) is 3.93. The Labute approximate surface area is 110 Å². The Hall–Kier alpha value is -0.860. The summed E-state index contributed by atoms with van der Waals surface area (Å²) in [5, 5.41) is 13.0. The van der Waals surface area contributed by atoms with Crippen LogP contribution in [0.15, 0.2) is 30.3 Å². The van der Waals surface area contributed by atoms with Crippen LogP contribution in [-0.2, 0) is 0 Å². The van der Waals surface area contributed by atoms with Gasteiger partial charge in [-0.2, -0.15) is 0 Å². The molecule has 0 aliphatic heterocycles. The van der Waals surface area contributed by atoms with Crippen LogP contribution >= 0.6 is 0 Å². The van der Waals surface area contributed by atoms with Gasteiger partial charge in [-0.3, -0.25) is 0 Å². The topological polar surface area (TPSA) is 32.3 Å². The van der Waals surface area contributed by atoms with Crippen LogP contribution in [0.3, 0.4) is 0 Å². The van der Waals surface area contributed by atoms with Gasteiger partial charge in [0.2, 0.25) is 0 Å². The fourth-order valence-electron chi connectivity index (χ4n) is 2.40. The quantitative estimate of drug-likeness (QED) is 0.776. The highest BCUT2D eigenvalue weighted by molar-refractivity contribution is 5.19. The number of nitrogens with one attached hydrogen (secondary N) is 1. The van der Waals surface area contributed by atoms with Crippen LogP contribution in [0.2, 0.25) is 0 Å². The summed E-state index contributed by atoms with van der Waals surface area (Å²) in [7, 11) is 0. The van der Waals surface area contributed by atoms with E-state index in [1.807, 2.05) is 0 Å². The van der Waals surface area contributed by atoms with Crippen molar-refractivity contribution in [2.45, 2.75) is 39.2 Å². The molecule has 18 heavy (non-hydrogen) atoms. The molecule has 1 fully saturated rings. The fraction of sp³-hybridized carbons (Fsp3) is 0.625. The molecule has 0 spiro atoms. The Kier molecular flexibility index (Phi) is 4.41. The lowest BCUT2D eigenvalue weighted by atomic mass is 9.96. The van der Waals surface area contributed by atoms with E-state index in [9.17, 15) is 5.11 Å². The van der Waals surface area contributed by atoms with Gasteiger partial charge in [0, 0.05) is 24.6 Å². The predicted octanol–water partition coefficient (Wildman–Crippen LogP) is 3.14. The fourth-order valence-corrected chi connectivity index (χ4v) is 2.40. The summed E-state index contributed by atoms with van der Waals surface area (Å²) >= 11 is 0. The zero-order chi connectivity index (χ0) is 13.0. The normalized spacial score (nSPS) is 18.9. The first kappa shape index (κ1) is 13.6. The first-order chi connectivity index (χ1) is 8.65. The molecule has 1 aliphatic carbocycles. The van der Waals surface area contributed by atoms with Crippen molar-refractivity contribution in [3.8, 4) is 0 Å². The average molecular weight is 247 g/mol. The molecular weight excluding hydrogens is 222 g/mol. The molecule has 1 aromatic rings. The van der Waals surface area contributed by atoms with Gasteiger partial charge in [0.15, 0.2) is 0 Å². The van der Waals surface area contributed by atoms with Gasteiger partial charge < -0.3 is 10.4 Å². The van der Waals surface area contributed by atoms with E-state index in [1.165, 1.54) is 18.4 Å². The number of hydrogen-bond donors (Lipinski definition) is 2. The van der Waals surface area contributed by atoms with Gasteiger partial charge in [-0.05, 0) is 30.7 Å². The molecular formula is C16H25NO. The molecule has 0 amide bonds. The minimum absolute atomic E-state index is 0.185. The summed E-state index contributed by atoms with van der Waals surface area (Å²) in [4.78, 5) is 0. The Morgan fingerprint density at radius 1 is 1.22 bits per heavy atom. The van der Waals surface area contributed by atoms with Gasteiger partial charge in [0.1, 0.15) is 0 Å². The van der Waals surface area contributed by atoms with E-state index in [-0.39, 0.29) is 5.41 Å². The van der Waals surface area contributed by atoms with Crippen LogP contribution in [0.25, 0.3) is 0 Å². The van der Waals surface area contributed by atoms with Crippen molar-refractivity contribution in [1.29, 1.82) is 0 Å². The standard InChI is InChI=1S/C16H25NO/c1-13(2)10-15(14-6-4-3-5-7-14)17-11-16(12-18)8-9-16/h3-7,13,15,17-18H,8-12H2,1-2H3.